The molecule has 1 amide bonds. The summed E-state index contributed by atoms with van der Waals surface area (Å²) in [6.45, 7) is 18.5. The molecular formula is C40H56FN3O. The smallest absolute Gasteiger partial charge is 0.237 e. The van der Waals surface area contributed by atoms with Crippen LogP contribution in [0.4, 0.5) is 10.1 Å². The molecule has 0 spiro atoms. The van der Waals surface area contributed by atoms with Crippen molar-refractivity contribution < 1.29 is 9.18 Å². The van der Waals surface area contributed by atoms with E-state index in [0.717, 1.165) is 83.8 Å². The highest BCUT2D eigenvalue weighted by Gasteiger charge is 2.49. The van der Waals surface area contributed by atoms with Crippen LogP contribution in [0.3, 0.4) is 0 Å². The van der Waals surface area contributed by atoms with Gasteiger partial charge in [0.05, 0.1) is 16.8 Å². The average Bonchev–Trinajstić information content (AvgIpc) is 3.19. The maximum Gasteiger partial charge on any atom is 0.237 e. The van der Waals surface area contributed by atoms with E-state index in [1.807, 2.05) is 46.1 Å². The molecule has 0 unspecified atom stereocenters. The van der Waals surface area contributed by atoms with Gasteiger partial charge in [-0.1, -0.05) is 77.3 Å². The Morgan fingerprint density at radius 1 is 1.09 bits per heavy atom. The van der Waals surface area contributed by atoms with Crippen LogP contribution in [0.2, 0.25) is 0 Å². The molecule has 0 atom stereocenters. The fourth-order valence-electron chi connectivity index (χ4n) is 6.19. The monoisotopic (exact) mass is 613 g/mol. The zero-order valence-corrected chi connectivity index (χ0v) is 29.3. The van der Waals surface area contributed by atoms with Gasteiger partial charge in [0.2, 0.25) is 5.91 Å². The summed E-state index contributed by atoms with van der Waals surface area (Å²) in [5, 5.41) is 3.30. The minimum Gasteiger partial charge on any atom is -0.356 e. The summed E-state index contributed by atoms with van der Waals surface area (Å²) in [6.07, 6.45) is 21.3. The van der Waals surface area contributed by atoms with Crippen molar-refractivity contribution in [3.8, 4) is 0 Å². The molecule has 1 N–H and O–H groups in total. The molecule has 0 aromatic heterocycles. The van der Waals surface area contributed by atoms with Gasteiger partial charge in [-0.15, -0.1) is 0 Å². The molecular weight excluding hydrogens is 557 g/mol. The van der Waals surface area contributed by atoms with Crippen LogP contribution in [0.5, 0.6) is 0 Å². The number of carbonyl (C=O) groups is 1. The SMILES string of the molecule is C\C=C/C(N/C(C)=C(C)/C(=C\C(=C\CC)c1ccc2c(c1)N(C1CC(CCC)C1)C(=O)C2(C)C)N=CCCC)=C(F)\C=C\CC. The largest absolute Gasteiger partial charge is 0.356 e. The number of fused-ring (bicyclic) bond motifs is 1. The Kier molecular flexibility index (Phi) is 13.4. The maximum absolute atomic E-state index is 15.0. The first kappa shape index (κ1) is 36.0. The number of aliphatic imine (C=N–C) groups is 1. The number of halogens is 1. The second-order valence-electron chi connectivity index (χ2n) is 13.0. The molecule has 1 aromatic carbocycles. The van der Waals surface area contributed by atoms with Crippen LogP contribution >= 0.6 is 0 Å². The number of nitrogens with zero attached hydrogens (tertiary/aromatic N) is 2. The topological polar surface area (TPSA) is 44.7 Å². The third-order valence-corrected chi connectivity index (χ3v) is 9.01. The highest BCUT2D eigenvalue weighted by Crippen LogP contribution is 2.48. The van der Waals surface area contributed by atoms with Crippen molar-refractivity contribution in [3.05, 3.63) is 94.3 Å². The predicted molar refractivity (Wildman–Crippen MR) is 192 cm³/mol. The lowest BCUT2D eigenvalue weighted by atomic mass is 9.76. The number of allylic oxidation sites excluding steroid dienone is 10. The molecule has 1 aliphatic heterocycles. The first-order valence-corrected chi connectivity index (χ1v) is 17.1. The second kappa shape index (κ2) is 16.7. The van der Waals surface area contributed by atoms with Crippen molar-refractivity contribution >= 4 is 23.4 Å². The van der Waals surface area contributed by atoms with Crippen molar-refractivity contribution in [1.29, 1.82) is 0 Å². The molecule has 1 aromatic rings. The number of rotatable bonds is 15. The van der Waals surface area contributed by atoms with E-state index in [1.165, 1.54) is 18.9 Å². The van der Waals surface area contributed by atoms with Crippen LogP contribution in [-0.2, 0) is 10.2 Å². The number of benzene rings is 1. The van der Waals surface area contributed by atoms with E-state index < -0.39 is 5.41 Å². The summed E-state index contributed by atoms with van der Waals surface area (Å²) in [6, 6.07) is 6.79. The van der Waals surface area contributed by atoms with Crippen LogP contribution in [0.15, 0.2) is 88.1 Å². The highest BCUT2D eigenvalue weighted by atomic mass is 19.1. The molecule has 2 aliphatic rings. The Morgan fingerprint density at radius 2 is 1.82 bits per heavy atom. The van der Waals surface area contributed by atoms with Gasteiger partial charge >= 0.3 is 0 Å². The third kappa shape index (κ3) is 8.62. The quantitative estimate of drug-likeness (QED) is 0.158. The van der Waals surface area contributed by atoms with Gasteiger partial charge in [-0.25, -0.2) is 4.39 Å². The van der Waals surface area contributed by atoms with Gasteiger partial charge in [0, 0.05) is 23.6 Å². The van der Waals surface area contributed by atoms with Gasteiger partial charge in [-0.3, -0.25) is 9.79 Å². The molecule has 1 aliphatic carbocycles. The lowest BCUT2D eigenvalue weighted by Gasteiger charge is -2.42. The molecule has 4 nitrogen and oxygen atoms in total. The molecule has 0 bridgehead atoms. The van der Waals surface area contributed by atoms with Crippen molar-refractivity contribution in [3.63, 3.8) is 0 Å². The fourth-order valence-corrected chi connectivity index (χ4v) is 6.19. The average molecular weight is 614 g/mol. The van der Waals surface area contributed by atoms with Gasteiger partial charge in [-0.2, -0.15) is 0 Å². The number of anilines is 1. The zero-order valence-electron chi connectivity index (χ0n) is 29.3. The lowest BCUT2D eigenvalue weighted by molar-refractivity contribution is -0.123. The van der Waals surface area contributed by atoms with E-state index in [9.17, 15) is 9.18 Å². The summed E-state index contributed by atoms with van der Waals surface area (Å²) in [4.78, 5) is 20.8. The number of hydrogen-bond acceptors (Lipinski definition) is 3. The minimum atomic E-state index is -0.536. The molecule has 0 saturated heterocycles. The third-order valence-electron chi connectivity index (χ3n) is 9.01. The maximum atomic E-state index is 15.0. The van der Waals surface area contributed by atoms with E-state index >= 15 is 0 Å². The predicted octanol–water partition coefficient (Wildman–Crippen LogP) is 11.0. The number of unbranched alkanes of at least 4 members (excludes halogenated alkanes) is 1. The first-order valence-electron chi connectivity index (χ1n) is 17.1. The summed E-state index contributed by atoms with van der Waals surface area (Å²) >= 11 is 0. The van der Waals surface area contributed by atoms with Crippen molar-refractivity contribution in [1.82, 2.24) is 5.32 Å². The zero-order chi connectivity index (χ0) is 33.1. The number of carbonyl (C=O) groups excluding carboxylic acids is 1. The standard InChI is InChI=1S/C40H56FN3O/c1-10-15-20-35(41)36(19-14-5)43-29(7)28(6)37(42-23-16-11-2)26-31(18-13-4)32-21-22-34-38(27-32)44(39(45)40(34,8)9)33-24-30(25-33)17-12-3/h14-15,18-23,26-27,30,33,43H,10-13,16-17,24-25H2,1-9H3/b19-14-,20-15+,29-28+,31-18-,36-35-,37-26+,42-23?. The molecule has 1 saturated carbocycles. The molecule has 0 radical (unpaired) electrons. The molecule has 244 valence electrons. The van der Waals surface area contributed by atoms with Crippen molar-refractivity contribution in [2.75, 3.05) is 4.90 Å². The summed E-state index contributed by atoms with van der Waals surface area (Å²) < 4.78 is 15.0. The number of nitrogens with one attached hydrogen (secondary N) is 1. The molecule has 1 heterocycles. The fraction of sp³-hybridized carbons (Fsp3) is 0.500. The van der Waals surface area contributed by atoms with Gasteiger partial charge < -0.3 is 10.2 Å². The Bertz CT molecular complexity index is 1410. The van der Waals surface area contributed by atoms with Gasteiger partial charge in [0.25, 0.3) is 0 Å². The summed E-state index contributed by atoms with van der Waals surface area (Å²) in [7, 11) is 0. The van der Waals surface area contributed by atoms with Gasteiger partial charge in [-0.05, 0) is 119 Å². The molecule has 5 heteroatoms. The van der Waals surface area contributed by atoms with E-state index in [2.05, 4.69) is 75.2 Å². The van der Waals surface area contributed by atoms with Gasteiger partial charge in [0.1, 0.15) is 5.83 Å². The van der Waals surface area contributed by atoms with Crippen LogP contribution < -0.4 is 10.2 Å². The normalized spacial score (nSPS) is 21.5. The van der Waals surface area contributed by atoms with Crippen LogP contribution in [0.25, 0.3) is 5.57 Å². The molecule has 45 heavy (non-hydrogen) atoms. The van der Waals surface area contributed by atoms with E-state index in [-0.39, 0.29) is 17.8 Å². The molecule has 1 fully saturated rings. The first-order chi connectivity index (χ1) is 21.5. The second-order valence-corrected chi connectivity index (χ2v) is 13.0. The Hall–Kier alpha value is -3.47. The van der Waals surface area contributed by atoms with E-state index in [1.54, 1.807) is 6.08 Å². The summed E-state index contributed by atoms with van der Waals surface area (Å²) in [5.41, 5.74) is 6.77. The summed E-state index contributed by atoms with van der Waals surface area (Å²) in [5.74, 6) is 0.625. The molecule has 3 rings (SSSR count). The Labute approximate surface area is 272 Å². The number of hydrogen-bond donors (Lipinski definition) is 1. The van der Waals surface area contributed by atoms with Crippen molar-refractivity contribution in [2.45, 2.75) is 125 Å². The van der Waals surface area contributed by atoms with E-state index in [4.69, 9.17) is 4.99 Å². The highest BCUT2D eigenvalue weighted by molar-refractivity contribution is 6.08. The van der Waals surface area contributed by atoms with Crippen LogP contribution in [0.1, 0.15) is 125 Å². The van der Waals surface area contributed by atoms with Crippen LogP contribution in [-0.4, -0.2) is 18.2 Å². The minimum absolute atomic E-state index is 0.211. The van der Waals surface area contributed by atoms with Crippen LogP contribution in [0, 0.1) is 5.92 Å². The Balaban J connectivity index is 2.08. The Morgan fingerprint density at radius 3 is 2.44 bits per heavy atom. The number of amides is 1. The van der Waals surface area contributed by atoms with Crippen molar-refractivity contribution in [2.24, 2.45) is 10.9 Å². The van der Waals surface area contributed by atoms with E-state index in [0.29, 0.717) is 5.70 Å². The van der Waals surface area contributed by atoms with Gasteiger partial charge in [0.15, 0.2) is 0 Å². The lowest BCUT2D eigenvalue weighted by Crippen LogP contribution is -2.49.